The number of rotatable bonds is 5. The van der Waals surface area contributed by atoms with Crippen LogP contribution < -0.4 is 5.32 Å². The second kappa shape index (κ2) is 9.39. The maximum atomic E-state index is 12.8. The van der Waals surface area contributed by atoms with Crippen LogP contribution in [0.3, 0.4) is 0 Å². The number of nitrogens with one attached hydrogen (secondary N) is 1. The zero-order valence-electron chi connectivity index (χ0n) is 18.3. The Labute approximate surface area is 198 Å². The molecule has 0 spiro atoms. The normalized spacial score (nSPS) is 15.8. The first-order chi connectivity index (χ1) is 15.3. The first-order valence-electron chi connectivity index (χ1n) is 10.5. The number of amides is 2. The Morgan fingerprint density at radius 1 is 1.03 bits per heavy atom. The van der Waals surface area contributed by atoms with Gasteiger partial charge in [-0.3, -0.25) is 9.59 Å². The Balaban J connectivity index is 1.49. The van der Waals surface area contributed by atoms with Crippen molar-refractivity contribution in [1.29, 1.82) is 0 Å². The van der Waals surface area contributed by atoms with Gasteiger partial charge in [0, 0.05) is 22.8 Å². The van der Waals surface area contributed by atoms with E-state index in [9.17, 15) is 9.59 Å². The van der Waals surface area contributed by atoms with Crippen molar-refractivity contribution >= 4 is 40.9 Å². The molecule has 2 amide bonds. The Kier molecular flexibility index (Phi) is 6.58. The molecule has 0 aliphatic carbocycles. The van der Waals surface area contributed by atoms with Crippen LogP contribution in [0.2, 0.25) is 5.02 Å². The van der Waals surface area contributed by atoms with Gasteiger partial charge in [-0.05, 0) is 67.3 Å². The fraction of sp³-hybridized carbons (Fsp3) is 0.231. The molecule has 164 valence electrons. The predicted octanol–water partition coefficient (Wildman–Crippen LogP) is 6.29. The van der Waals surface area contributed by atoms with E-state index in [2.05, 4.69) is 17.4 Å². The third-order valence-corrected chi connectivity index (χ3v) is 7.12. The van der Waals surface area contributed by atoms with Crippen LogP contribution in [0.15, 0.2) is 60.7 Å². The third kappa shape index (κ3) is 4.84. The minimum absolute atomic E-state index is 0.0723. The highest BCUT2D eigenvalue weighted by molar-refractivity contribution is 8.00. The Hall–Kier alpha value is -2.76. The van der Waals surface area contributed by atoms with E-state index in [1.165, 1.54) is 5.56 Å². The van der Waals surface area contributed by atoms with Crippen molar-refractivity contribution in [3.8, 4) is 0 Å². The molecule has 4 rings (SSSR count). The van der Waals surface area contributed by atoms with Crippen molar-refractivity contribution < 1.29 is 9.59 Å². The van der Waals surface area contributed by atoms with Crippen molar-refractivity contribution in [3.63, 3.8) is 0 Å². The molecule has 4 nitrogen and oxygen atoms in total. The molecule has 1 aliphatic rings. The summed E-state index contributed by atoms with van der Waals surface area (Å²) in [5.41, 5.74) is 6.76. The summed E-state index contributed by atoms with van der Waals surface area (Å²) in [6.45, 7) is 6.58. The molecular weight excluding hydrogens is 440 g/mol. The molecule has 0 aromatic heterocycles. The highest BCUT2D eigenvalue weighted by Crippen LogP contribution is 2.39. The monoisotopic (exact) mass is 464 g/mol. The quantitative estimate of drug-likeness (QED) is 0.482. The van der Waals surface area contributed by atoms with E-state index in [0.29, 0.717) is 22.9 Å². The van der Waals surface area contributed by atoms with Gasteiger partial charge in [-0.2, -0.15) is 0 Å². The van der Waals surface area contributed by atoms with Gasteiger partial charge in [0.2, 0.25) is 5.91 Å². The maximum absolute atomic E-state index is 12.8. The van der Waals surface area contributed by atoms with Crippen LogP contribution in [0, 0.1) is 20.8 Å². The lowest BCUT2D eigenvalue weighted by Crippen LogP contribution is -2.27. The molecule has 1 N–H and O–H groups in total. The van der Waals surface area contributed by atoms with Crippen LogP contribution in [0.1, 0.15) is 43.5 Å². The van der Waals surface area contributed by atoms with Crippen LogP contribution in [-0.2, 0) is 11.3 Å². The number of hydrogen-bond donors (Lipinski definition) is 1. The number of carbonyl (C=O) groups excluding carboxylic acids is 2. The molecule has 0 bridgehead atoms. The van der Waals surface area contributed by atoms with E-state index in [0.717, 1.165) is 27.9 Å². The number of carbonyl (C=O) groups is 2. The molecule has 0 unspecified atom stereocenters. The van der Waals surface area contributed by atoms with Gasteiger partial charge >= 0.3 is 0 Å². The summed E-state index contributed by atoms with van der Waals surface area (Å²) in [6.07, 6.45) is 0. The molecule has 6 heteroatoms. The first kappa shape index (κ1) is 22.4. The number of anilines is 1. The summed E-state index contributed by atoms with van der Waals surface area (Å²) < 4.78 is 0. The molecule has 3 aromatic rings. The largest absolute Gasteiger partial charge is 0.322 e. The minimum Gasteiger partial charge on any atom is -0.322 e. The van der Waals surface area contributed by atoms with Gasteiger partial charge in [-0.15, -0.1) is 11.8 Å². The average Bonchev–Trinajstić information content (AvgIpc) is 3.12. The molecule has 1 fully saturated rings. The van der Waals surface area contributed by atoms with Crippen LogP contribution in [0.4, 0.5) is 5.69 Å². The summed E-state index contributed by atoms with van der Waals surface area (Å²) in [6, 6.07) is 19.2. The van der Waals surface area contributed by atoms with Gasteiger partial charge in [0.1, 0.15) is 5.37 Å². The summed E-state index contributed by atoms with van der Waals surface area (Å²) >= 11 is 7.59. The lowest BCUT2D eigenvalue weighted by atomic mass is 10.0. The molecule has 1 aliphatic heterocycles. The highest BCUT2D eigenvalue weighted by atomic mass is 35.5. The Morgan fingerprint density at radius 3 is 2.28 bits per heavy atom. The van der Waals surface area contributed by atoms with Gasteiger partial charge in [0.15, 0.2) is 0 Å². The number of nitrogens with zero attached hydrogens (tertiary/aromatic N) is 1. The van der Waals surface area contributed by atoms with Crippen LogP contribution in [0.25, 0.3) is 0 Å². The van der Waals surface area contributed by atoms with Crippen LogP contribution in [-0.4, -0.2) is 22.5 Å². The fourth-order valence-corrected chi connectivity index (χ4v) is 5.36. The summed E-state index contributed by atoms with van der Waals surface area (Å²) in [7, 11) is 0. The SMILES string of the molecule is Cc1cc(C)c(NC(=O)c2ccc([C@H]3SCC(=O)N3Cc3ccc(Cl)cc3)cc2)c(C)c1. The lowest BCUT2D eigenvalue weighted by molar-refractivity contribution is -0.128. The van der Waals surface area contributed by atoms with Crippen molar-refractivity contribution in [3.05, 3.63) is 99.1 Å². The molecular formula is C26H25ClN2O2S. The molecule has 0 radical (unpaired) electrons. The molecule has 1 saturated heterocycles. The number of hydrogen-bond acceptors (Lipinski definition) is 3. The van der Waals surface area contributed by atoms with Gasteiger partial charge in [-0.1, -0.05) is 53.6 Å². The zero-order chi connectivity index (χ0) is 22.8. The van der Waals surface area contributed by atoms with E-state index in [4.69, 9.17) is 11.6 Å². The van der Waals surface area contributed by atoms with Gasteiger partial charge < -0.3 is 10.2 Å². The molecule has 3 aromatic carbocycles. The highest BCUT2D eigenvalue weighted by Gasteiger charge is 2.32. The van der Waals surface area contributed by atoms with E-state index in [1.54, 1.807) is 11.8 Å². The standard InChI is InChI=1S/C26H25ClN2O2S/c1-16-12-17(2)24(18(3)13-16)28-25(31)20-6-8-21(9-7-20)26-29(23(30)15-32-26)14-19-4-10-22(27)11-5-19/h4-13,26H,14-15H2,1-3H3,(H,28,31)/t26-/m1/s1. The van der Waals surface area contributed by atoms with Crippen LogP contribution >= 0.6 is 23.4 Å². The lowest BCUT2D eigenvalue weighted by Gasteiger charge is -2.24. The summed E-state index contributed by atoms with van der Waals surface area (Å²) in [5, 5.41) is 3.65. The van der Waals surface area contributed by atoms with E-state index < -0.39 is 0 Å². The van der Waals surface area contributed by atoms with Crippen molar-refractivity contribution in [1.82, 2.24) is 4.90 Å². The predicted molar refractivity (Wildman–Crippen MR) is 132 cm³/mol. The van der Waals surface area contributed by atoms with Gasteiger partial charge in [0.25, 0.3) is 5.91 Å². The van der Waals surface area contributed by atoms with Crippen molar-refractivity contribution in [2.75, 3.05) is 11.1 Å². The molecule has 1 atom stereocenters. The fourth-order valence-electron chi connectivity index (χ4n) is 4.05. The summed E-state index contributed by atoms with van der Waals surface area (Å²) in [5.74, 6) is 0.425. The number of benzene rings is 3. The third-order valence-electron chi connectivity index (χ3n) is 5.61. The Bertz CT molecular complexity index is 1140. The second-order valence-corrected chi connectivity index (χ2v) is 9.67. The molecule has 0 saturated carbocycles. The van der Waals surface area contributed by atoms with Crippen LogP contribution in [0.5, 0.6) is 0 Å². The van der Waals surface area contributed by atoms with Gasteiger partial charge in [-0.25, -0.2) is 0 Å². The van der Waals surface area contributed by atoms with Crippen molar-refractivity contribution in [2.24, 2.45) is 0 Å². The van der Waals surface area contributed by atoms with E-state index in [-0.39, 0.29) is 17.2 Å². The zero-order valence-corrected chi connectivity index (χ0v) is 19.9. The molecule has 32 heavy (non-hydrogen) atoms. The van der Waals surface area contributed by atoms with Gasteiger partial charge in [0.05, 0.1) is 5.75 Å². The van der Waals surface area contributed by atoms with E-state index in [1.807, 2.05) is 74.2 Å². The second-order valence-electron chi connectivity index (χ2n) is 8.16. The van der Waals surface area contributed by atoms with Crippen molar-refractivity contribution in [2.45, 2.75) is 32.7 Å². The number of thioether (sulfide) groups is 1. The summed E-state index contributed by atoms with van der Waals surface area (Å²) in [4.78, 5) is 27.2. The van der Waals surface area contributed by atoms with E-state index >= 15 is 0 Å². The number of aryl methyl sites for hydroxylation is 3. The topological polar surface area (TPSA) is 49.4 Å². The average molecular weight is 465 g/mol. The maximum Gasteiger partial charge on any atom is 0.255 e. The minimum atomic E-state index is -0.139. The smallest absolute Gasteiger partial charge is 0.255 e. The first-order valence-corrected chi connectivity index (χ1v) is 11.9. The number of halogens is 1. The molecule has 1 heterocycles. The Morgan fingerprint density at radius 2 is 1.66 bits per heavy atom.